The van der Waals surface area contributed by atoms with Crippen LogP contribution in [0.15, 0.2) is 72.8 Å². The summed E-state index contributed by atoms with van der Waals surface area (Å²) < 4.78 is 7.51. The van der Waals surface area contributed by atoms with Gasteiger partial charge in [-0.1, -0.05) is 30.4 Å². The van der Waals surface area contributed by atoms with Gasteiger partial charge in [-0.25, -0.2) is 0 Å². The fraction of sp³-hybridized carbons (Fsp3) is 0.150. The molecule has 0 fully saturated rings. The Labute approximate surface area is 141 Å². The largest absolute Gasteiger partial charge is 0.508 e. The monoisotopic (exact) mass is 320 g/mol. The van der Waals surface area contributed by atoms with E-state index in [-0.39, 0.29) is 5.75 Å². The molecule has 0 saturated carbocycles. The maximum Gasteiger partial charge on any atom is 0.119 e. The van der Waals surface area contributed by atoms with Crippen molar-refractivity contribution in [2.24, 2.45) is 7.05 Å². The maximum atomic E-state index is 9.37. The zero-order chi connectivity index (χ0) is 16.8. The van der Waals surface area contributed by atoms with Gasteiger partial charge in [0, 0.05) is 24.7 Å². The first-order chi connectivity index (χ1) is 11.7. The Hall–Kier alpha value is -3.01. The molecule has 0 saturated heterocycles. The highest BCUT2D eigenvalue weighted by atomic mass is 16.5. The van der Waals surface area contributed by atoms with Crippen LogP contribution in [0.2, 0.25) is 0 Å². The lowest BCUT2D eigenvalue weighted by Gasteiger charge is -2.01. The van der Waals surface area contributed by atoms with E-state index in [0.29, 0.717) is 6.61 Å². The molecule has 2 aromatic carbocycles. The first-order valence-corrected chi connectivity index (χ1v) is 7.87. The highest BCUT2D eigenvalue weighted by molar-refractivity contribution is 5.60. The summed E-state index contributed by atoms with van der Waals surface area (Å²) in [5, 5.41) is 13.9. The molecule has 0 aliphatic carbocycles. The molecule has 0 amide bonds. The van der Waals surface area contributed by atoms with Crippen molar-refractivity contribution in [3.8, 4) is 22.8 Å². The Morgan fingerprint density at radius 3 is 2.54 bits per heavy atom. The highest BCUT2D eigenvalue weighted by Gasteiger charge is 2.06. The number of hydrogen-bond donors (Lipinski definition) is 1. The van der Waals surface area contributed by atoms with Gasteiger partial charge >= 0.3 is 0 Å². The van der Waals surface area contributed by atoms with Gasteiger partial charge in [-0.2, -0.15) is 5.10 Å². The van der Waals surface area contributed by atoms with E-state index >= 15 is 0 Å². The normalized spacial score (nSPS) is 11.0. The number of aryl methyl sites for hydroxylation is 1. The Balaban J connectivity index is 1.57. The summed E-state index contributed by atoms with van der Waals surface area (Å²) in [4.78, 5) is 0. The van der Waals surface area contributed by atoms with Crippen LogP contribution in [0.1, 0.15) is 5.69 Å². The van der Waals surface area contributed by atoms with Gasteiger partial charge in [0.2, 0.25) is 0 Å². The van der Waals surface area contributed by atoms with Crippen molar-refractivity contribution in [3.63, 3.8) is 0 Å². The van der Waals surface area contributed by atoms with Crippen molar-refractivity contribution in [2.45, 2.75) is 6.42 Å². The number of phenolic OH excluding ortho intramolecular Hbond substituents is 1. The van der Waals surface area contributed by atoms with Crippen LogP contribution in [-0.2, 0) is 13.5 Å². The van der Waals surface area contributed by atoms with Crippen molar-refractivity contribution in [1.82, 2.24) is 9.78 Å². The Kier molecular flexibility index (Phi) is 4.96. The molecule has 0 radical (unpaired) electrons. The minimum atomic E-state index is 0.260. The van der Waals surface area contributed by atoms with Gasteiger partial charge in [-0.05, 0) is 42.5 Å². The molecule has 24 heavy (non-hydrogen) atoms. The van der Waals surface area contributed by atoms with E-state index in [1.165, 1.54) is 0 Å². The Bertz CT molecular complexity index is 805. The number of phenols is 1. The number of aromatic hydroxyl groups is 1. The molecule has 4 heteroatoms. The lowest BCUT2D eigenvalue weighted by molar-refractivity contribution is 0.362. The standard InChI is InChI=1S/C20H20N2O2/c1-22-17(7-5-6-14-24-19-8-3-2-4-9-19)15-20(21-22)16-10-12-18(23)13-11-16/h2-6,8-13,15,23H,7,14H2,1H3. The third-order valence-electron chi connectivity index (χ3n) is 3.72. The molecule has 3 aromatic rings. The predicted molar refractivity (Wildman–Crippen MR) is 95.1 cm³/mol. The second kappa shape index (κ2) is 7.51. The van der Waals surface area contributed by atoms with Crippen LogP contribution in [0.5, 0.6) is 11.5 Å². The van der Waals surface area contributed by atoms with Gasteiger partial charge in [0.25, 0.3) is 0 Å². The summed E-state index contributed by atoms with van der Waals surface area (Å²) in [5.41, 5.74) is 3.02. The highest BCUT2D eigenvalue weighted by Crippen LogP contribution is 2.21. The van der Waals surface area contributed by atoms with Gasteiger partial charge in [0.1, 0.15) is 18.1 Å². The van der Waals surface area contributed by atoms with Crippen LogP contribution in [0.4, 0.5) is 0 Å². The number of benzene rings is 2. The average Bonchev–Trinajstić information content (AvgIpc) is 2.97. The van der Waals surface area contributed by atoms with Crippen LogP contribution >= 0.6 is 0 Å². The van der Waals surface area contributed by atoms with E-state index in [1.54, 1.807) is 12.1 Å². The number of ether oxygens (including phenoxy) is 1. The molecular weight excluding hydrogens is 300 g/mol. The SMILES string of the molecule is Cn1nc(-c2ccc(O)cc2)cc1CC=CCOc1ccccc1. The van der Waals surface area contributed by atoms with E-state index in [2.05, 4.69) is 17.2 Å². The number of para-hydroxylation sites is 1. The minimum Gasteiger partial charge on any atom is -0.508 e. The van der Waals surface area contributed by atoms with E-state index < -0.39 is 0 Å². The summed E-state index contributed by atoms with van der Waals surface area (Å²) in [6, 6.07) is 18.9. The van der Waals surface area contributed by atoms with Crippen molar-refractivity contribution < 1.29 is 9.84 Å². The summed E-state index contributed by atoms with van der Waals surface area (Å²) >= 11 is 0. The fourth-order valence-electron chi connectivity index (χ4n) is 2.40. The smallest absolute Gasteiger partial charge is 0.119 e. The molecule has 0 atom stereocenters. The summed E-state index contributed by atoms with van der Waals surface area (Å²) in [5.74, 6) is 1.13. The van der Waals surface area contributed by atoms with Gasteiger partial charge in [0.15, 0.2) is 0 Å². The number of hydrogen-bond acceptors (Lipinski definition) is 3. The van der Waals surface area contributed by atoms with Crippen LogP contribution in [0.25, 0.3) is 11.3 Å². The van der Waals surface area contributed by atoms with Crippen molar-refractivity contribution >= 4 is 0 Å². The summed E-state index contributed by atoms with van der Waals surface area (Å²) in [6.07, 6.45) is 4.89. The molecule has 0 aliphatic heterocycles. The zero-order valence-corrected chi connectivity index (χ0v) is 13.6. The maximum absolute atomic E-state index is 9.37. The lowest BCUT2D eigenvalue weighted by atomic mass is 10.1. The van der Waals surface area contributed by atoms with E-state index in [1.807, 2.05) is 60.3 Å². The average molecular weight is 320 g/mol. The van der Waals surface area contributed by atoms with E-state index in [4.69, 9.17) is 4.74 Å². The van der Waals surface area contributed by atoms with Crippen LogP contribution in [0.3, 0.4) is 0 Å². The van der Waals surface area contributed by atoms with Gasteiger partial charge in [-0.3, -0.25) is 4.68 Å². The molecular formula is C20H20N2O2. The Morgan fingerprint density at radius 2 is 1.79 bits per heavy atom. The molecule has 122 valence electrons. The van der Waals surface area contributed by atoms with Crippen LogP contribution in [-0.4, -0.2) is 21.5 Å². The molecule has 4 nitrogen and oxygen atoms in total. The summed E-state index contributed by atoms with van der Waals surface area (Å²) in [7, 11) is 1.94. The third kappa shape index (κ3) is 4.04. The second-order valence-electron chi connectivity index (χ2n) is 5.49. The molecule has 1 heterocycles. The van der Waals surface area contributed by atoms with Crippen LogP contribution in [0, 0.1) is 0 Å². The molecule has 0 spiro atoms. The van der Waals surface area contributed by atoms with Crippen LogP contribution < -0.4 is 4.74 Å². The third-order valence-corrected chi connectivity index (χ3v) is 3.72. The van der Waals surface area contributed by atoms with Crippen molar-refractivity contribution in [2.75, 3.05) is 6.61 Å². The fourth-order valence-corrected chi connectivity index (χ4v) is 2.40. The minimum absolute atomic E-state index is 0.260. The summed E-state index contributed by atoms with van der Waals surface area (Å²) in [6.45, 7) is 0.548. The molecule has 1 aromatic heterocycles. The first-order valence-electron chi connectivity index (χ1n) is 7.87. The molecule has 0 bridgehead atoms. The van der Waals surface area contributed by atoms with Crippen molar-refractivity contribution in [1.29, 1.82) is 0 Å². The molecule has 0 unspecified atom stereocenters. The molecule has 3 rings (SSSR count). The quantitative estimate of drug-likeness (QED) is 0.699. The molecule has 0 aliphatic rings. The second-order valence-corrected chi connectivity index (χ2v) is 5.49. The van der Waals surface area contributed by atoms with Gasteiger partial charge in [-0.15, -0.1) is 0 Å². The Morgan fingerprint density at radius 1 is 1.04 bits per heavy atom. The number of rotatable bonds is 6. The predicted octanol–water partition coefficient (Wildman–Crippen LogP) is 3.97. The van der Waals surface area contributed by atoms with Gasteiger partial charge < -0.3 is 9.84 Å². The first kappa shape index (κ1) is 15.9. The topological polar surface area (TPSA) is 47.3 Å². The van der Waals surface area contributed by atoms with E-state index in [9.17, 15) is 5.11 Å². The number of nitrogens with zero attached hydrogens (tertiary/aromatic N) is 2. The van der Waals surface area contributed by atoms with Gasteiger partial charge in [0.05, 0.1) is 5.69 Å². The number of aromatic nitrogens is 2. The zero-order valence-electron chi connectivity index (χ0n) is 13.6. The number of allylic oxidation sites excluding steroid dienone is 1. The van der Waals surface area contributed by atoms with E-state index in [0.717, 1.165) is 29.1 Å². The molecule has 1 N–H and O–H groups in total. The van der Waals surface area contributed by atoms with Crippen molar-refractivity contribution in [3.05, 3.63) is 78.5 Å². The lowest BCUT2D eigenvalue weighted by Crippen LogP contribution is -1.97.